The molecule has 0 unspecified atom stereocenters. The summed E-state index contributed by atoms with van der Waals surface area (Å²) < 4.78 is 8.91. The summed E-state index contributed by atoms with van der Waals surface area (Å²) in [6.45, 7) is 0. The fraction of sp³-hybridized carbons (Fsp3) is 0. The Kier molecular flexibility index (Phi) is 9.89. The normalized spacial score (nSPS) is 11.7. The van der Waals surface area contributed by atoms with E-state index in [1.54, 1.807) is 0 Å². The van der Waals surface area contributed by atoms with Crippen LogP contribution >= 0.6 is 0 Å². The van der Waals surface area contributed by atoms with Gasteiger partial charge in [0.1, 0.15) is 11.2 Å². The molecular formula is C72H46N2O. The van der Waals surface area contributed by atoms with Crippen LogP contribution in [0.5, 0.6) is 0 Å². The van der Waals surface area contributed by atoms with Gasteiger partial charge in [0, 0.05) is 49.7 Å². The van der Waals surface area contributed by atoms with Crippen LogP contribution in [0.2, 0.25) is 0 Å². The third kappa shape index (κ3) is 7.20. The maximum atomic E-state index is 6.52. The molecule has 0 fully saturated rings. The smallest absolute Gasteiger partial charge is 0.143 e. The first kappa shape index (κ1) is 42.7. The minimum Gasteiger partial charge on any atom is -0.455 e. The average molecular weight is 955 g/mol. The van der Waals surface area contributed by atoms with Gasteiger partial charge in [-0.05, 0) is 156 Å². The Bertz CT molecular complexity index is 4640. The standard InChI is InChI=1S/C72H46N2O/c1-4-20-61-50(13-1)35-41-66-68-45-54(36-42-71(68)75-72(61)66)53-16-12-17-58(44-53)73(57-39-33-49(34-40-57)52-15-11-18-59(43-52)74-69-25-9-7-23-64(69)65-24-8-10-26-70(65)74)56-37-31-48(32-38-56)47-27-29-51(30-28-47)67-46-55-14-2-3-19-60(55)62-21-5-6-22-63(62)67/h1-46H. The summed E-state index contributed by atoms with van der Waals surface area (Å²) in [6, 6.07) is 101. The molecule has 0 saturated heterocycles. The molecule has 15 aromatic rings. The molecule has 0 spiro atoms. The van der Waals surface area contributed by atoms with Crippen molar-refractivity contribution in [1.29, 1.82) is 0 Å². The van der Waals surface area contributed by atoms with Crippen LogP contribution < -0.4 is 4.90 Å². The monoisotopic (exact) mass is 954 g/mol. The Balaban J connectivity index is 0.802. The van der Waals surface area contributed by atoms with Crippen LogP contribution in [0.15, 0.2) is 283 Å². The zero-order valence-corrected chi connectivity index (χ0v) is 40.9. The van der Waals surface area contributed by atoms with Gasteiger partial charge in [0.05, 0.1) is 11.0 Å². The predicted molar refractivity (Wildman–Crippen MR) is 317 cm³/mol. The summed E-state index contributed by atoms with van der Waals surface area (Å²) in [5.41, 5.74) is 17.9. The molecule has 0 amide bonds. The van der Waals surface area contributed by atoms with Gasteiger partial charge >= 0.3 is 0 Å². The minimum absolute atomic E-state index is 0.889. The van der Waals surface area contributed by atoms with Crippen LogP contribution in [-0.4, -0.2) is 4.57 Å². The summed E-state index contributed by atoms with van der Waals surface area (Å²) in [7, 11) is 0. The summed E-state index contributed by atoms with van der Waals surface area (Å²) >= 11 is 0. The number of aromatic nitrogens is 1. The number of nitrogens with zero attached hydrogens (tertiary/aromatic N) is 2. The van der Waals surface area contributed by atoms with Gasteiger partial charge in [-0.3, -0.25) is 0 Å². The predicted octanol–water partition coefficient (Wildman–Crippen LogP) is 20.3. The quantitative estimate of drug-likeness (QED) is 0.142. The minimum atomic E-state index is 0.889. The molecule has 0 aliphatic heterocycles. The highest BCUT2D eigenvalue weighted by Gasteiger charge is 2.18. The molecule has 3 heteroatoms. The SMILES string of the molecule is c1cc(-c2ccc3oc4c5ccccc5ccc4c3c2)cc(N(c2ccc(-c3ccc(-c4cc5ccccc5c5ccccc45)cc3)cc2)c2ccc(-c3cccc(-n4c5ccccc5c5ccccc54)c3)cc2)c1. The molecule has 0 saturated carbocycles. The number of hydrogen-bond acceptors (Lipinski definition) is 2. The van der Waals surface area contributed by atoms with Gasteiger partial charge in [0.2, 0.25) is 0 Å². The fourth-order valence-electron chi connectivity index (χ4n) is 11.7. The molecule has 0 N–H and O–H groups in total. The molecule has 0 radical (unpaired) electrons. The lowest BCUT2D eigenvalue weighted by molar-refractivity contribution is 0.672. The van der Waals surface area contributed by atoms with Crippen molar-refractivity contribution in [1.82, 2.24) is 4.57 Å². The van der Waals surface area contributed by atoms with Crippen molar-refractivity contribution in [3.05, 3.63) is 279 Å². The van der Waals surface area contributed by atoms with E-state index in [4.69, 9.17) is 4.42 Å². The van der Waals surface area contributed by atoms with Crippen LogP contribution in [-0.2, 0) is 0 Å². The number of benzene rings is 13. The average Bonchev–Trinajstić information content (AvgIpc) is 4.04. The molecule has 350 valence electrons. The summed E-state index contributed by atoms with van der Waals surface area (Å²) in [6.07, 6.45) is 0. The van der Waals surface area contributed by atoms with Crippen molar-refractivity contribution >= 4 is 93.1 Å². The molecule has 0 aliphatic rings. The summed E-state index contributed by atoms with van der Waals surface area (Å²) in [5, 5.41) is 12.1. The third-order valence-corrected chi connectivity index (χ3v) is 15.4. The molecular weight excluding hydrogens is 909 g/mol. The molecule has 13 aromatic carbocycles. The molecule has 3 nitrogen and oxygen atoms in total. The van der Waals surface area contributed by atoms with E-state index in [0.29, 0.717) is 0 Å². The molecule has 0 atom stereocenters. The van der Waals surface area contributed by atoms with E-state index in [0.717, 1.165) is 77.9 Å². The van der Waals surface area contributed by atoms with Gasteiger partial charge in [-0.2, -0.15) is 0 Å². The van der Waals surface area contributed by atoms with Crippen LogP contribution in [0.4, 0.5) is 17.1 Å². The molecule has 0 aliphatic carbocycles. The highest BCUT2D eigenvalue weighted by Crippen LogP contribution is 2.42. The third-order valence-electron chi connectivity index (χ3n) is 15.4. The maximum absolute atomic E-state index is 6.52. The fourth-order valence-corrected chi connectivity index (χ4v) is 11.7. The second-order valence-electron chi connectivity index (χ2n) is 19.6. The van der Waals surface area contributed by atoms with Crippen LogP contribution in [0.25, 0.3) is 126 Å². The lowest BCUT2D eigenvalue weighted by Gasteiger charge is -2.26. The Labute approximate surface area is 434 Å². The summed E-state index contributed by atoms with van der Waals surface area (Å²) in [4.78, 5) is 2.37. The Morgan fingerprint density at radius 3 is 1.49 bits per heavy atom. The number of para-hydroxylation sites is 2. The van der Waals surface area contributed by atoms with E-state index in [-0.39, 0.29) is 0 Å². The van der Waals surface area contributed by atoms with Gasteiger partial charge in [-0.25, -0.2) is 0 Å². The van der Waals surface area contributed by atoms with Gasteiger partial charge in [-0.15, -0.1) is 0 Å². The molecule has 0 bridgehead atoms. The zero-order valence-electron chi connectivity index (χ0n) is 40.9. The number of furan rings is 1. The first-order valence-corrected chi connectivity index (χ1v) is 25.7. The van der Waals surface area contributed by atoms with E-state index in [9.17, 15) is 0 Å². The van der Waals surface area contributed by atoms with Crippen LogP contribution in [0, 0.1) is 0 Å². The topological polar surface area (TPSA) is 21.3 Å². The molecule has 2 aromatic heterocycles. The highest BCUT2D eigenvalue weighted by atomic mass is 16.3. The van der Waals surface area contributed by atoms with Crippen molar-refractivity contribution in [2.75, 3.05) is 4.90 Å². The zero-order chi connectivity index (χ0) is 49.4. The Morgan fingerprint density at radius 1 is 0.267 bits per heavy atom. The first-order chi connectivity index (χ1) is 37.2. The summed E-state index contributed by atoms with van der Waals surface area (Å²) in [5.74, 6) is 0. The van der Waals surface area contributed by atoms with E-state index in [1.165, 1.54) is 65.4 Å². The van der Waals surface area contributed by atoms with Gasteiger partial charge in [0.25, 0.3) is 0 Å². The maximum Gasteiger partial charge on any atom is 0.143 e. The van der Waals surface area contributed by atoms with E-state index >= 15 is 0 Å². The largest absolute Gasteiger partial charge is 0.455 e. The lowest BCUT2D eigenvalue weighted by atomic mass is 9.92. The van der Waals surface area contributed by atoms with Crippen molar-refractivity contribution in [3.8, 4) is 50.2 Å². The van der Waals surface area contributed by atoms with Crippen molar-refractivity contribution in [2.24, 2.45) is 0 Å². The van der Waals surface area contributed by atoms with Crippen LogP contribution in [0.1, 0.15) is 0 Å². The number of hydrogen-bond donors (Lipinski definition) is 0. The molecule has 75 heavy (non-hydrogen) atoms. The van der Waals surface area contributed by atoms with Gasteiger partial charge < -0.3 is 13.9 Å². The second-order valence-corrected chi connectivity index (χ2v) is 19.6. The van der Waals surface area contributed by atoms with Gasteiger partial charge in [0.15, 0.2) is 0 Å². The number of rotatable bonds is 8. The second kappa shape index (κ2) is 17.4. The Morgan fingerprint density at radius 2 is 0.787 bits per heavy atom. The molecule has 2 heterocycles. The van der Waals surface area contributed by atoms with Crippen LogP contribution in [0.3, 0.4) is 0 Å². The number of fused-ring (bicyclic) bond motifs is 11. The van der Waals surface area contributed by atoms with E-state index in [1.807, 2.05) is 0 Å². The van der Waals surface area contributed by atoms with Gasteiger partial charge in [-0.1, -0.05) is 194 Å². The van der Waals surface area contributed by atoms with E-state index in [2.05, 4.69) is 289 Å². The Hall–Kier alpha value is -9.96. The highest BCUT2D eigenvalue weighted by molar-refractivity contribution is 6.16. The van der Waals surface area contributed by atoms with Crippen molar-refractivity contribution in [2.45, 2.75) is 0 Å². The van der Waals surface area contributed by atoms with Crippen molar-refractivity contribution in [3.63, 3.8) is 0 Å². The van der Waals surface area contributed by atoms with Crippen molar-refractivity contribution < 1.29 is 4.42 Å². The first-order valence-electron chi connectivity index (χ1n) is 25.7. The lowest BCUT2D eigenvalue weighted by Crippen LogP contribution is -2.10. The van der Waals surface area contributed by atoms with E-state index < -0.39 is 0 Å². The number of anilines is 3. The molecule has 15 rings (SSSR count).